The van der Waals surface area contributed by atoms with E-state index in [-0.39, 0.29) is 13.2 Å². The number of nitrogens with two attached hydrogens (primary N) is 1. The highest BCUT2D eigenvalue weighted by Gasteiger charge is 2.27. The minimum Gasteiger partial charge on any atom is -0.440 e. The standard InChI is InChI=1S/C22H21FN4O4/c1-12-13(2)31-22(26-12)19-6-3-14(9-25-19)17-5-4-15(7-18(17)23)27-10-16(30-11-27)8-20(28)21(24)29/h3-7,9,16H,8,10-11H2,1-2H3,(H2,24,29)/t16-/m0/s1. The van der Waals surface area contributed by atoms with Gasteiger partial charge in [-0.25, -0.2) is 9.37 Å². The SMILES string of the molecule is Cc1nc(-c2ccc(-c3ccc(N4CO[C@@H](CC(=O)C(N)=O)C4)cc3F)cn2)oc1C. The van der Waals surface area contributed by atoms with Crippen LogP contribution < -0.4 is 10.6 Å². The van der Waals surface area contributed by atoms with Gasteiger partial charge in [-0.3, -0.25) is 14.6 Å². The number of benzene rings is 1. The predicted octanol–water partition coefficient (Wildman–Crippen LogP) is 2.77. The molecule has 9 heteroatoms. The average molecular weight is 424 g/mol. The van der Waals surface area contributed by atoms with Gasteiger partial charge >= 0.3 is 0 Å². The second-order valence-corrected chi connectivity index (χ2v) is 7.39. The molecule has 0 radical (unpaired) electrons. The van der Waals surface area contributed by atoms with Crippen LogP contribution >= 0.6 is 0 Å². The van der Waals surface area contributed by atoms with Gasteiger partial charge in [-0.15, -0.1) is 0 Å². The maximum Gasteiger partial charge on any atom is 0.284 e. The van der Waals surface area contributed by atoms with E-state index in [4.69, 9.17) is 14.9 Å². The van der Waals surface area contributed by atoms with Gasteiger partial charge in [0.25, 0.3) is 5.91 Å². The molecule has 1 atom stereocenters. The van der Waals surface area contributed by atoms with Crippen molar-refractivity contribution in [3.63, 3.8) is 0 Å². The number of amides is 1. The number of carbonyl (C=O) groups excluding carboxylic acids is 2. The Bertz CT molecular complexity index is 1120. The first-order valence-electron chi connectivity index (χ1n) is 9.71. The lowest BCUT2D eigenvalue weighted by Crippen LogP contribution is -2.29. The summed E-state index contributed by atoms with van der Waals surface area (Å²) >= 11 is 0. The number of hydrogen-bond donors (Lipinski definition) is 1. The molecule has 1 aliphatic heterocycles. The van der Waals surface area contributed by atoms with Gasteiger partial charge in [-0.05, 0) is 38.1 Å². The fourth-order valence-corrected chi connectivity index (χ4v) is 3.35. The molecule has 160 valence electrons. The molecule has 2 N–H and O–H groups in total. The van der Waals surface area contributed by atoms with E-state index in [0.29, 0.717) is 34.9 Å². The van der Waals surface area contributed by atoms with E-state index in [1.807, 2.05) is 13.8 Å². The number of hydrogen-bond acceptors (Lipinski definition) is 7. The molecule has 3 heterocycles. The molecule has 0 saturated carbocycles. The average Bonchev–Trinajstić information content (AvgIpc) is 3.34. The van der Waals surface area contributed by atoms with Crippen molar-refractivity contribution in [1.82, 2.24) is 9.97 Å². The minimum atomic E-state index is -0.981. The third kappa shape index (κ3) is 4.31. The molecular weight excluding hydrogens is 403 g/mol. The van der Waals surface area contributed by atoms with Crippen LogP contribution in [0.4, 0.5) is 10.1 Å². The summed E-state index contributed by atoms with van der Waals surface area (Å²) in [6, 6.07) is 8.35. The molecule has 0 unspecified atom stereocenters. The number of rotatable bonds is 6. The van der Waals surface area contributed by atoms with Gasteiger partial charge in [0.2, 0.25) is 11.7 Å². The molecule has 1 aromatic carbocycles. The van der Waals surface area contributed by atoms with Crippen LogP contribution in [0.25, 0.3) is 22.7 Å². The predicted molar refractivity (Wildman–Crippen MR) is 111 cm³/mol. The van der Waals surface area contributed by atoms with Crippen molar-refractivity contribution in [3.05, 3.63) is 53.8 Å². The van der Waals surface area contributed by atoms with E-state index in [2.05, 4.69) is 9.97 Å². The van der Waals surface area contributed by atoms with E-state index in [1.54, 1.807) is 35.4 Å². The molecule has 1 saturated heterocycles. The lowest BCUT2D eigenvalue weighted by atomic mass is 10.1. The summed E-state index contributed by atoms with van der Waals surface area (Å²) in [5.41, 5.74) is 8.00. The first-order chi connectivity index (χ1) is 14.8. The number of ketones is 1. The van der Waals surface area contributed by atoms with Crippen LogP contribution in [0.1, 0.15) is 17.9 Å². The van der Waals surface area contributed by atoms with E-state index < -0.39 is 23.6 Å². The highest BCUT2D eigenvalue weighted by molar-refractivity contribution is 6.35. The maximum atomic E-state index is 14.8. The Morgan fingerprint density at radius 2 is 2.06 bits per heavy atom. The zero-order valence-corrected chi connectivity index (χ0v) is 17.1. The number of aromatic nitrogens is 2. The Balaban J connectivity index is 1.48. The quantitative estimate of drug-likeness (QED) is 0.606. The summed E-state index contributed by atoms with van der Waals surface area (Å²) in [7, 11) is 0. The van der Waals surface area contributed by atoms with Crippen LogP contribution in [0, 0.1) is 19.7 Å². The monoisotopic (exact) mass is 424 g/mol. The van der Waals surface area contributed by atoms with Crippen LogP contribution in [-0.2, 0) is 14.3 Å². The third-order valence-electron chi connectivity index (χ3n) is 5.22. The van der Waals surface area contributed by atoms with Gasteiger partial charge in [0.05, 0.1) is 11.8 Å². The van der Waals surface area contributed by atoms with Crippen molar-refractivity contribution < 1.29 is 23.1 Å². The number of oxazole rings is 1. The van der Waals surface area contributed by atoms with Crippen molar-refractivity contribution in [2.24, 2.45) is 5.73 Å². The Kier molecular flexibility index (Phi) is 5.51. The van der Waals surface area contributed by atoms with Crippen molar-refractivity contribution in [2.45, 2.75) is 26.4 Å². The smallest absolute Gasteiger partial charge is 0.284 e. The lowest BCUT2D eigenvalue weighted by molar-refractivity contribution is -0.137. The van der Waals surface area contributed by atoms with Crippen LogP contribution in [0.5, 0.6) is 0 Å². The number of nitrogens with zero attached hydrogens (tertiary/aromatic N) is 3. The number of aryl methyl sites for hydroxylation is 2. The zero-order chi connectivity index (χ0) is 22.1. The number of anilines is 1. The van der Waals surface area contributed by atoms with Crippen LogP contribution in [0.3, 0.4) is 0 Å². The Labute approximate surface area is 177 Å². The van der Waals surface area contributed by atoms with Gasteiger partial charge in [-0.2, -0.15) is 0 Å². The van der Waals surface area contributed by atoms with E-state index in [0.717, 1.165) is 11.5 Å². The summed E-state index contributed by atoms with van der Waals surface area (Å²) in [6.07, 6.45) is 1.03. The third-order valence-corrected chi connectivity index (χ3v) is 5.22. The Morgan fingerprint density at radius 3 is 2.68 bits per heavy atom. The fraction of sp³-hybridized carbons (Fsp3) is 0.273. The number of carbonyl (C=O) groups is 2. The largest absolute Gasteiger partial charge is 0.440 e. The van der Waals surface area contributed by atoms with Crippen molar-refractivity contribution in [1.29, 1.82) is 0 Å². The molecule has 0 bridgehead atoms. The lowest BCUT2D eigenvalue weighted by Gasteiger charge is -2.17. The topological polar surface area (TPSA) is 112 Å². The fourth-order valence-electron chi connectivity index (χ4n) is 3.35. The number of ether oxygens (including phenoxy) is 1. The molecule has 1 aliphatic rings. The molecular formula is C22H21FN4O4. The molecule has 0 aliphatic carbocycles. The minimum absolute atomic E-state index is 0.0893. The second kappa shape index (κ2) is 8.27. The zero-order valence-electron chi connectivity index (χ0n) is 17.1. The first-order valence-corrected chi connectivity index (χ1v) is 9.71. The summed E-state index contributed by atoms with van der Waals surface area (Å²) in [4.78, 5) is 32.9. The first kappa shape index (κ1) is 20.7. The van der Waals surface area contributed by atoms with Gasteiger partial charge in [0, 0.05) is 36.0 Å². The van der Waals surface area contributed by atoms with Crippen molar-refractivity contribution in [2.75, 3.05) is 18.2 Å². The van der Waals surface area contributed by atoms with Crippen LogP contribution in [0.2, 0.25) is 0 Å². The molecule has 1 amide bonds. The maximum absolute atomic E-state index is 14.8. The number of Topliss-reactive ketones (excluding diaryl/α,β-unsaturated/α-hetero) is 1. The highest BCUT2D eigenvalue weighted by Crippen LogP contribution is 2.29. The molecule has 4 rings (SSSR count). The summed E-state index contributed by atoms with van der Waals surface area (Å²) < 4.78 is 25.9. The summed E-state index contributed by atoms with van der Waals surface area (Å²) in [6.45, 7) is 4.25. The van der Waals surface area contributed by atoms with Gasteiger partial charge in [0.1, 0.15) is 24.0 Å². The normalized spacial score (nSPS) is 16.0. The molecule has 31 heavy (non-hydrogen) atoms. The highest BCUT2D eigenvalue weighted by atomic mass is 19.1. The molecule has 8 nitrogen and oxygen atoms in total. The van der Waals surface area contributed by atoms with Gasteiger partial charge in [-0.1, -0.05) is 6.07 Å². The molecule has 0 spiro atoms. The van der Waals surface area contributed by atoms with Gasteiger partial charge in [0.15, 0.2) is 0 Å². The van der Waals surface area contributed by atoms with Crippen LogP contribution in [-0.4, -0.2) is 41.0 Å². The van der Waals surface area contributed by atoms with E-state index >= 15 is 0 Å². The molecule has 2 aromatic heterocycles. The Morgan fingerprint density at radius 1 is 1.26 bits per heavy atom. The van der Waals surface area contributed by atoms with E-state index in [9.17, 15) is 14.0 Å². The second-order valence-electron chi connectivity index (χ2n) is 7.39. The number of halogens is 1. The van der Waals surface area contributed by atoms with Gasteiger partial charge < -0.3 is 19.8 Å². The molecule has 1 fully saturated rings. The summed E-state index contributed by atoms with van der Waals surface area (Å²) in [5.74, 6) is -0.915. The van der Waals surface area contributed by atoms with Crippen molar-refractivity contribution in [3.8, 4) is 22.7 Å². The van der Waals surface area contributed by atoms with Crippen LogP contribution in [0.15, 0.2) is 40.9 Å². The number of pyridine rings is 1. The Hall–Kier alpha value is -3.59. The van der Waals surface area contributed by atoms with Crippen molar-refractivity contribution >= 4 is 17.4 Å². The summed E-state index contributed by atoms with van der Waals surface area (Å²) in [5, 5.41) is 0. The van der Waals surface area contributed by atoms with E-state index in [1.165, 1.54) is 6.07 Å². The molecule has 3 aromatic rings. The number of primary amides is 1.